The lowest BCUT2D eigenvalue weighted by Crippen LogP contribution is -2.11. The van der Waals surface area contributed by atoms with Crippen LogP contribution in [0.5, 0.6) is 0 Å². The molecule has 0 saturated heterocycles. The number of rotatable bonds is 2. The van der Waals surface area contributed by atoms with Gasteiger partial charge in [0, 0.05) is 7.05 Å². The second-order valence-corrected chi connectivity index (χ2v) is 2.93. The van der Waals surface area contributed by atoms with E-state index in [-0.39, 0.29) is 0 Å². The molecule has 0 aromatic carbocycles. The summed E-state index contributed by atoms with van der Waals surface area (Å²) in [5.74, 6) is 0. The van der Waals surface area contributed by atoms with Crippen molar-refractivity contribution in [3.63, 3.8) is 0 Å². The Labute approximate surface area is 63.9 Å². The maximum Gasteiger partial charge on any atom is 0.0932 e. The van der Waals surface area contributed by atoms with E-state index in [0.29, 0.717) is 6.00 Å². The Morgan fingerprint density at radius 2 is 2.56 bits per heavy atom. The highest BCUT2D eigenvalue weighted by Crippen LogP contribution is 2.19. The maximum absolute atomic E-state index is 5.58. The molecule has 0 saturated carbocycles. The molecule has 50 valence electrons. The first-order chi connectivity index (χ1) is 4.34. The lowest BCUT2D eigenvalue weighted by molar-refractivity contribution is 1.11. The third-order valence-corrected chi connectivity index (χ3v) is 2.40. The van der Waals surface area contributed by atoms with Gasteiger partial charge in [0.15, 0.2) is 0 Å². The first-order valence-electron chi connectivity index (χ1n) is 2.65. The predicted molar refractivity (Wildman–Crippen MR) is 43.4 cm³/mol. The number of hydrogen-bond acceptors (Lipinski definition) is 2. The molecule has 0 aliphatic heterocycles. The molecule has 0 fully saturated rings. The van der Waals surface area contributed by atoms with Crippen LogP contribution in [0.3, 0.4) is 0 Å². The normalized spacial score (nSPS) is 9.56. The van der Waals surface area contributed by atoms with Crippen molar-refractivity contribution in [1.29, 1.82) is 0 Å². The summed E-state index contributed by atoms with van der Waals surface area (Å²) < 4.78 is 0. The lowest BCUT2D eigenvalue weighted by atomic mass is 10.6. The van der Waals surface area contributed by atoms with Gasteiger partial charge >= 0.3 is 0 Å². The van der Waals surface area contributed by atoms with Crippen LogP contribution in [0.4, 0.5) is 5.00 Å². The molecule has 0 amide bonds. The SMILES string of the molecule is CN(CCl)c1cccs1. The van der Waals surface area contributed by atoms with E-state index in [0.717, 1.165) is 0 Å². The summed E-state index contributed by atoms with van der Waals surface area (Å²) in [6.45, 7) is 0. The molecule has 1 aromatic heterocycles. The Hall–Kier alpha value is -0.210. The van der Waals surface area contributed by atoms with Gasteiger partial charge in [-0.2, -0.15) is 0 Å². The van der Waals surface area contributed by atoms with Crippen molar-refractivity contribution in [3.05, 3.63) is 17.5 Å². The predicted octanol–water partition coefficient (Wildman–Crippen LogP) is 2.38. The number of thiophene rings is 1. The average molecular weight is 162 g/mol. The van der Waals surface area contributed by atoms with Gasteiger partial charge in [0.1, 0.15) is 0 Å². The van der Waals surface area contributed by atoms with Crippen LogP contribution in [-0.2, 0) is 0 Å². The monoisotopic (exact) mass is 161 g/mol. The van der Waals surface area contributed by atoms with Gasteiger partial charge in [0.2, 0.25) is 0 Å². The Kier molecular flexibility index (Phi) is 2.37. The van der Waals surface area contributed by atoms with Crippen molar-refractivity contribution < 1.29 is 0 Å². The molecular weight excluding hydrogens is 154 g/mol. The van der Waals surface area contributed by atoms with Crippen LogP contribution in [0.2, 0.25) is 0 Å². The standard InChI is InChI=1S/C6H8ClNS/c1-8(5-7)6-3-2-4-9-6/h2-4H,5H2,1H3. The zero-order valence-corrected chi connectivity index (χ0v) is 6.75. The fourth-order valence-electron chi connectivity index (χ4n) is 0.546. The van der Waals surface area contributed by atoms with E-state index in [9.17, 15) is 0 Å². The topological polar surface area (TPSA) is 3.24 Å². The Morgan fingerprint density at radius 1 is 1.78 bits per heavy atom. The molecular formula is C6H8ClNS. The molecule has 1 rings (SSSR count). The zero-order valence-electron chi connectivity index (χ0n) is 5.17. The maximum atomic E-state index is 5.58. The van der Waals surface area contributed by atoms with Crippen LogP contribution in [0.1, 0.15) is 0 Å². The van der Waals surface area contributed by atoms with E-state index >= 15 is 0 Å². The smallest absolute Gasteiger partial charge is 0.0932 e. The molecule has 0 spiro atoms. The van der Waals surface area contributed by atoms with E-state index in [1.165, 1.54) is 5.00 Å². The summed E-state index contributed by atoms with van der Waals surface area (Å²) in [7, 11) is 1.97. The van der Waals surface area contributed by atoms with Gasteiger partial charge in [-0.25, -0.2) is 0 Å². The molecule has 1 aromatic rings. The van der Waals surface area contributed by atoms with Crippen molar-refractivity contribution >= 4 is 27.9 Å². The molecule has 0 unspecified atom stereocenters. The van der Waals surface area contributed by atoms with E-state index in [1.807, 2.05) is 29.5 Å². The van der Waals surface area contributed by atoms with Gasteiger partial charge in [-0.1, -0.05) is 0 Å². The van der Waals surface area contributed by atoms with Gasteiger partial charge in [0.05, 0.1) is 11.0 Å². The number of anilines is 1. The van der Waals surface area contributed by atoms with Crippen molar-refractivity contribution in [1.82, 2.24) is 0 Å². The van der Waals surface area contributed by atoms with Gasteiger partial charge in [-0.05, 0) is 17.5 Å². The van der Waals surface area contributed by atoms with Crippen LogP contribution in [-0.4, -0.2) is 13.1 Å². The van der Waals surface area contributed by atoms with Gasteiger partial charge in [0.25, 0.3) is 0 Å². The molecule has 0 radical (unpaired) electrons. The highest BCUT2D eigenvalue weighted by Gasteiger charge is 1.96. The van der Waals surface area contributed by atoms with Crippen LogP contribution in [0.15, 0.2) is 17.5 Å². The summed E-state index contributed by atoms with van der Waals surface area (Å²) in [6.07, 6.45) is 0. The Bertz CT molecular complexity index is 162. The van der Waals surface area contributed by atoms with Crippen molar-refractivity contribution in [2.75, 3.05) is 18.0 Å². The summed E-state index contributed by atoms with van der Waals surface area (Å²) in [6, 6.07) is 4.62. The summed E-state index contributed by atoms with van der Waals surface area (Å²) in [5.41, 5.74) is 0. The number of halogens is 1. The number of hydrogen-bond donors (Lipinski definition) is 0. The third-order valence-electron chi connectivity index (χ3n) is 1.06. The number of nitrogens with zero attached hydrogens (tertiary/aromatic N) is 1. The van der Waals surface area contributed by atoms with Crippen LogP contribution >= 0.6 is 22.9 Å². The molecule has 1 heterocycles. The average Bonchev–Trinajstić information content (AvgIpc) is 2.37. The molecule has 1 nitrogen and oxygen atoms in total. The molecule has 0 aliphatic rings. The van der Waals surface area contributed by atoms with Crippen LogP contribution in [0.25, 0.3) is 0 Å². The highest BCUT2D eigenvalue weighted by atomic mass is 35.5. The first kappa shape index (κ1) is 6.90. The summed E-state index contributed by atoms with van der Waals surface area (Å²) in [5, 5.41) is 3.25. The van der Waals surface area contributed by atoms with Crippen molar-refractivity contribution in [2.24, 2.45) is 0 Å². The summed E-state index contributed by atoms with van der Waals surface area (Å²) in [4.78, 5) is 1.99. The van der Waals surface area contributed by atoms with E-state index in [1.54, 1.807) is 11.3 Å². The minimum atomic E-state index is 0.556. The molecule has 0 atom stereocenters. The molecule has 0 bridgehead atoms. The lowest BCUT2D eigenvalue weighted by Gasteiger charge is -2.10. The van der Waals surface area contributed by atoms with Crippen LogP contribution < -0.4 is 4.90 Å². The summed E-state index contributed by atoms with van der Waals surface area (Å²) >= 11 is 7.27. The van der Waals surface area contributed by atoms with Gasteiger partial charge in [-0.3, -0.25) is 0 Å². The van der Waals surface area contributed by atoms with Crippen LogP contribution in [0, 0.1) is 0 Å². The largest absolute Gasteiger partial charge is 0.353 e. The second kappa shape index (κ2) is 3.08. The molecule has 0 N–H and O–H groups in total. The van der Waals surface area contributed by atoms with E-state index < -0.39 is 0 Å². The molecule has 3 heteroatoms. The van der Waals surface area contributed by atoms with Crippen molar-refractivity contribution in [3.8, 4) is 0 Å². The first-order valence-corrected chi connectivity index (χ1v) is 4.06. The quantitative estimate of drug-likeness (QED) is 0.476. The number of alkyl halides is 1. The minimum absolute atomic E-state index is 0.556. The Morgan fingerprint density at radius 3 is 3.00 bits per heavy atom. The van der Waals surface area contributed by atoms with Crippen molar-refractivity contribution in [2.45, 2.75) is 0 Å². The van der Waals surface area contributed by atoms with Gasteiger partial charge in [-0.15, -0.1) is 22.9 Å². The Balaban J connectivity index is 2.65. The zero-order chi connectivity index (χ0) is 6.69. The van der Waals surface area contributed by atoms with E-state index in [2.05, 4.69) is 0 Å². The minimum Gasteiger partial charge on any atom is -0.353 e. The fourth-order valence-corrected chi connectivity index (χ4v) is 1.44. The molecule has 9 heavy (non-hydrogen) atoms. The highest BCUT2D eigenvalue weighted by molar-refractivity contribution is 7.14. The third kappa shape index (κ3) is 1.60. The second-order valence-electron chi connectivity index (χ2n) is 1.77. The van der Waals surface area contributed by atoms with Gasteiger partial charge < -0.3 is 4.90 Å². The fraction of sp³-hybridized carbons (Fsp3) is 0.333. The van der Waals surface area contributed by atoms with E-state index in [4.69, 9.17) is 11.6 Å². The molecule has 0 aliphatic carbocycles.